The summed E-state index contributed by atoms with van der Waals surface area (Å²) in [4.78, 5) is 50.1. The van der Waals surface area contributed by atoms with Crippen LogP contribution in [0.1, 0.15) is 51.2 Å². The first kappa shape index (κ1) is 22.4. The minimum atomic E-state index is -1.07. The van der Waals surface area contributed by atoms with Crippen molar-refractivity contribution in [2.75, 3.05) is 11.9 Å². The molecular formula is C21H29N3O5. The van der Waals surface area contributed by atoms with Gasteiger partial charge in [0, 0.05) is 5.69 Å². The van der Waals surface area contributed by atoms with Gasteiger partial charge in [0.15, 0.2) is 6.10 Å². The van der Waals surface area contributed by atoms with Gasteiger partial charge < -0.3 is 15.4 Å². The lowest BCUT2D eigenvalue weighted by atomic mass is 9.95. The van der Waals surface area contributed by atoms with Crippen molar-refractivity contribution < 1.29 is 23.9 Å². The van der Waals surface area contributed by atoms with E-state index in [1.807, 2.05) is 32.9 Å². The minimum absolute atomic E-state index is 0.458. The fraction of sp³-hybridized carbons (Fsp3) is 0.524. The fourth-order valence-corrected chi connectivity index (χ4v) is 3.20. The van der Waals surface area contributed by atoms with Crippen molar-refractivity contribution in [3.63, 3.8) is 0 Å². The number of carbonyl (C=O) groups excluding carboxylic acids is 4. The number of nitrogens with zero attached hydrogens (tertiary/aromatic N) is 1. The molecule has 1 aromatic rings. The highest BCUT2D eigenvalue weighted by molar-refractivity contribution is 6.08. The third kappa shape index (κ3) is 5.34. The molecule has 29 heavy (non-hydrogen) atoms. The van der Waals surface area contributed by atoms with Crippen LogP contribution >= 0.6 is 0 Å². The highest BCUT2D eigenvalue weighted by Gasteiger charge is 2.48. The second-order valence-electron chi connectivity index (χ2n) is 7.70. The third-order valence-corrected chi connectivity index (χ3v) is 4.98. The number of carbonyl (C=O) groups is 4. The number of anilines is 1. The maximum Gasteiger partial charge on any atom is 0.327 e. The highest BCUT2D eigenvalue weighted by Crippen LogP contribution is 2.23. The standard InChI is InChI=1S/C21H29N3O5/c1-6-7-10-21(5)19(27)24(20(28)23-21)12-17(25)29-15(4)18(26)22-16-9-8-13(2)11-14(16)3/h8-9,11,15H,6-7,10,12H2,1-5H3,(H,22,26)(H,23,28)/t15-,21-/m0/s1. The zero-order chi connectivity index (χ0) is 21.8. The van der Waals surface area contributed by atoms with Gasteiger partial charge in [-0.25, -0.2) is 4.79 Å². The zero-order valence-electron chi connectivity index (χ0n) is 17.6. The van der Waals surface area contributed by atoms with Gasteiger partial charge >= 0.3 is 12.0 Å². The minimum Gasteiger partial charge on any atom is -0.451 e. The molecular weight excluding hydrogens is 374 g/mol. The number of hydrogen-bond donors (Lipinski definition) is 2. The van der Waals surface area contributed by atoms with E-state index < -0.39 is 42.0 Å². The smallest absolute Gasteiger partial charge is 0.327 e. The number of amides is 4. The lowest BCUT2D eigenvalue weighted by molar-refractivity contribution is -0.155. The summed E-state index contributed by atoms with van der Waals surface area (Å²) in [7, 11) is 0. The SMILES string of the molecule is CCCC[C@]1(C)NC(=O)N(CC(=O)O[C@@H](C)C(=O)Nc2ccc(C)cc2C)C1=O. The van der Waals surface area contributed by atoms with Crippen molar-refractivity contribution in [3.05, 3.63) is 29.3 Å². The van der Waals surface area contributed by atoms with E-state index in [2.05, 4.69) is 10.6 Å². The monoisotopic (exact) mass is 403 g/mol. The number of imide groups is 1. The van der Waals surface area contributed by atoms with E-state index in [0.717, 1.165) is 28.9 Å². The summed E-state index contributed by atoms with van der Waals surface area (Å²) in [5.74, 6) is -1.77. The lowest BCUT2D eigenvalue weighted by Gasteiger charge is -2.21. The van der Waals surface area contributed by atoms with E-state index in [0.29, 0.717) is 12.1 Å². The van der Waals surface area contributed by atoms with Crippen LogP contribution in [0.2, 0.25) is 0 Å². The number of unbranched alkanes of at least 4 members (excludes halogenated alkanes) is 1. The van der Waals surface area contributed by atoms with Crippen LogP contribution in [-0.4, -0.2) is 46.9 Å². The van der Waals surface area contributed by atoms with Gasteiger partial charge in [-0.2, -0.15) is 0 Å². The molecule has 2 N–H and O–H groups in total. The molecule has 0 saturated carbocycles. The number of aryl methyl sites for hydroxylation is 2. The summed E-state index contributed by atoms with van der Waals surface area (Å²) in [6.45, 7) is 8.36. The number of benzene rings is 1. The molecule has 0 bridgehead atoms. The number of rotatable bonds is 8. The topological polar surface area (TPSA) is 105 Å². The molecule has 2 rings (SSSR count). The molecule has 2 atom stereocenters. The Labute approximate surface area is 171 Å². The van der Waals surface area contributed by atoms with Gasteiger partial charge in [-0.3, -0.25) is 19.3 Å². The predicted octanol–water partition coefficient (Wildman–Crippen LogP) is 2.67. The molecule has 0 unspecified atom stereocenters. The van der Waals surface area contributed by atoms with Crippen LogP contribution in [0.15, 0.2) is 18.2 Å². The lowest BCUT2D eigenvalue weighted by Crippen LogP contribution is -2.44. The summed E-state index contributed by atoms with van der Waals surface area (Å²) < 4.78 is 5.13. The van der Waals surface area contributed by atoms with E-state index >= 15 is 0 Å². The van der Waals surface area contributed by atoms with Crippen molar-refractivity contribution in [2.24, 2.45) is 0 Å². The number of ether oxygens (including phenoxy) is 1. The van der Waals surface area contributed by atoms with Crippen molar-refractivity contribution in [1.29, 1.82) is 0 Å². The van der Waals surface area contributed by atoms with E-state index in [1.54, 1.807) is 13.0 Å². The molecule has 0 radical (unpaired) electrons. The molecule has 158 valence electrons. The first-order chi connectivity index (χ1) is 13.6. The highest BCUT2D eigenvalue weighted by atomic mass is 16.5. The van der Waals surface area contributed by atoms with E-state index in [1.165, 1.54) is 6.92 Å². The summed E-state index contributed by atoms with van der Waals surface area (Å²) in [6, 6.07) is 4.95. The molecule has 0 aromatic heterocycles. The van der Waals surface area contributed by atoms with E-state index in [4.69, 9.17) is 4.74 Å². The van der Waals surface area contributed by atoms with Crippen LogP contribution in [0.4, 0.5) is 10.5 Å². The summed E-state index contributed by atoms with van der Waals surface area (Å²) in [5, 5.41) is 5.35. The van der Waals surface area contributed by atoms with Crippen molar-refractivity contribution >= 4 is 29.5 Å². The third-order valence-electron chi connectivity index (χ3n) is 4.98. The Balaban J connectivity index is 1.93. The van der Waals surface area contributed by atoms with Gasteiger partial charge in [-0.15, -0.1) is 0 Å². The molecule has 1 fully saturated rings. The molecule has 0 spiro atoms. The summed E-state index contributed by atoms with van der Waals surface area (Å²) >= 11 is 0. The van der Waals surface area contributed by atoms with Gasteiger partial charge in [0.05, 0.1) is 0 Å². The Morgan fingerprint density at radius 3 is 2.59 bits per heavy atom. The quantitative estimate of drug-likeness (QED) is 0.513. The fourth-order valence-electron chi connectivity index (χ4n) is 3.20. The van der Waals surface area contributed by atoms with Crippen LogP contribution in [0.25, 0.3) is 0 Å². The first-order valence-corrected chi connectivity index (χ1v) is 9.79. The Morgan fingerprint density at radius 1 is 1.28 bits per heavy atom. The molecule has 4 amide bonds. The van der Waals surface area contributed by atoms with Crippen LogP contribution < -0.4 is 10.6 Å². The van der Waals surface area contributed by atoms with Gasteiger partial charge in [-0.05, 0) is 45.7 Å². The number of nitrogens with one attached hydrogen (secondary N) is 2. The second-order valence-corrected chi connectivity index (χ2v) is 7.70. The van der Waals surface area contributed by atoms with E-state index in [-0.39, 0.29) is 0 Å². The molecule has 1 aromatic carbocycles. The Hall–Kier alpha value is -2.90. The Morgan fingerprint density at radius 2 is 1.97 bits per heavy atom. The van der Waals surface area contributed by atoms with Gasteiger partial charge in [0.2, 0.25) is 0 Å². The zero-order valence-corrected chi connectivity index (χ0v) is 17.6. The summed E-state index contributed by atoms with van der Waals surface area (Å²) in [5.41, 5.74) is 1.57. The van der Waals surface area contributed by atoms with Gasteiger partial charge in [0.25, 0.3) is 11.8 Å². The predicted molar refractivity (Wildman–Crippen MR) is 108 cm³/mol. The molecule has 0 aliphatic carbocycles. The number of urea groups is 1. The maximum atomic E-state index is 12.6. The molecule has 1 saturated heterocycles. The Bertz CT molecular complexity index is 823. The molecule has 1 heterocycles. The van der Waals surface area contributed by atoms with Gasteiger partial charge in [-0.1, -0.05) is 37.5 Å². The molecule has 1 aliphatic rings. The van der Waals surface area contributed by atoms with Crippen LogP contribution in [0, 0.1) is 13.8 Å². The molecule has 8 nitrogen and oxygen atoms in total. The summed E-state index contributed by atoms with van der Waals surface area (Å²) in [6.07, 6.45) is 1.08. The average molecular weight is 403 g/mol. The van der Waals surface area contributed by atoms with Crippen molar-refractivity contribution in [2.45, 2.75) is 65.5 Å². The van der Waals surface area contributed by atoms with Crippen LogP contribution in [0.5, 0.6) is 0 Å². The maximum absolute atomic E-state index is 12.6. The van der Waals surface area contributed by atoms with E-state index in [9.17, 15) is 19.2 Å². The van der Waals surface area contributed by atoms with Crippen LogP contribution in [0.3, 0.4) is 0 Å². The van der Waals surface area contributed by atoms with Crippen molar-refractivity contribution in [1.82, 2.24) is 10.2 Å². The normalized spacial score (nSPS) is 19.7. The average Bonchev–Trinajstić information content (AvgIpc) is 2.85. The largest absolute Gasteiger partial charge is 0.451 e. The number of hydrogen-bond acceptors (Lipinski definition) is 5. The van der Waals surface area contributed by atoms with Gasteiger partial charge in [0.1, 0.15) is 12.1 Å². The van der Waals surface area contributed by atoms with Crippen molar-refractivity contribution in [3.8, 4) is 0 Å². The first-order valence-electron chi connectivity index (χ1n) is 9.79. The Kier molecular flexibility index (Phi) is 7.00. The molecule has 8 heteroatoms. The van der Waals surface area contributed by atoms with Crippen LogP contribution in [-0.2, 0) is 19.1 Å². The number of esters is 1. The molecule has 1 aliphatic heterocycles. The second kappa shape index (κ2) is 9.07.